The predicted octanol–water partition coefficient (Wildman–Crippen LogP) is 3.22. The summed E-state index contributed by atoms with van der Waals surface area (Å²) < 4.78 is 1.82. The molecule has 0 saturated carbocycles. The quantitative estimate of drug-likeness (QED) is 0.803. The van der Waals surface area contributed by atoms with E-state index in [0.717, 1.165) is 24.1 Å². The molecule has 0 bridgehead atoms. The molecule has 0 unspecified atom stereocenters. The van der Waals surface area contributed by atoms with Crippen LogP contribution in [0, 0.1) is 0 Å². The minimum absolute atomic E-state index is 0.0181. The van der Waals surface area contributed by atoms with Crippen molar-refractivity contribution in [1.82, 2.24) is 15.1 Å². The van der Waals surface area contributed by atoms with Crippen LogP contribution in [0.3, 0.4) is 0 Å². The Kier molecular flexibility index (Phi) is 3.87. The van der Waals surface area contributed by atoms with Crippen molar-refractivity contribution < 1.29 is 4.79 Å². The van der Waals surface area contributed by atoms with Crippen LogP contribution in [-0.2, 0) is 17.8 Å². The van der Waals surface area contributed by atoms with E-state index in [1.165, 1.54) is 11.1 Å². The molecule has 24 heavy (non-hydrogen) atoms. The normalized spacial score (nSPS) is 15.9. The number of hydrogen-bond acceptors (Lipinski definition) is 2. The van der Waals surface area contributed by atoms with E-state index in [2.05, 4.69) is 28.6 Å². The van der Waals surface area contributed by atoms with Gasteiger partial charge in [-0.2, -0.15) is 5.10 Å². The van der Waals surface area contributed by atoms with Gasteiger partial charge in [-0.15, -0.1) is 0 Å². The van der Waals surface area contributed by atoms with Crippen LogP contribution in [0.4, 0.5) is 0 Å². The summed E-state index contributed by atoms with van der Waals surface area (Å²) in [5.41, 5.74) is 4.55. The Hall–Kier alpha value is -2.88. The largest absolute Gasteiger partial charge is 0.351 e. The number of amides is 1. The highest BCUT2D eigenvalue weighted by atomic mass is 16.1. The van der Waals surface area contributed by atoms with Gasteiger partial charge in [0, 0.05) is 18.9 Å². The van der Waals surface area contributed by atoms with Crippen molar-refractivity contribution >= 4 is 5.91 Å². The fraction of sp³-hybridized carbons (Fsp3) is 0.200. The number of nitrogens with zero attached hydrogens (tertiary/aromatic N) is 2. The summed E-state index contributed by atoms with van der Waals surface area (Å²) in [7, 11) is 0. The van der Waals surface area contributed by atoms with Crippen LogP contribution in [0.2, 0.25) is 0 Å². The Morgan fingerprint density at radius 1 is 1.17 bits per heavy atom. The molecule has 3 aromatic rings. The lowest BCUT2D eigenvalue weighted by molar-refractivity contribution is -0.122. The minimum Gasteiger partial charge on any atom is -0.351 e. The van der Waals surface area contributed by atoms with E-state index in [-0.39, 0.29) is 11.8 Å². The number of fused-ring (bicyclic) bond motifs is 1. The lowest BCUT2D eigenvalue weighted by Gasteiger charge is -2.13. The maximum absolute atomic E-state index is 12.6. The standard InChI is InChI=1S/C20H19N3O/c24-20(19-10-9-16-6-1-2-8-18(16)19)21-14-15-5-3-7-17(13-15)23-12-4-11-22-23/h1-8,11-13,19H,9-10,14H2,(H,21,24)/t19-/m1/s1. The van der Waals surface area contributed by atoms with E-state index < -0.39 is 0 Å². The molecule has 1 aliphatic carbocycles. The summed E-state index contributed by atoms with van der Waals surface area (Å²) in [5.74, 6) is 0.0972. The molecule has 120 valence electrons. The van der Waals surface area contributed by atoms with Crippen LogP contribution in [0.25, 0.3) is 5.69 Å². The second kappa shape index (κ2) is 6.32. The molecule has 1 N–H and O–H groups in total. The lowest BCUT2D eigenvalue weighted by Crippen LogP contribution is -2.27. The molecular weight excluding hydrogens is 298 g/mol. The van der Waals surface area contributed by atoms with Crippen molar-refractivity contribution in [2.75, 3.05) is 0 Å². The van der Waals surface area contributed by atoms with E-state index in [1.807, 2.05) is 47.3 Å². The summed E-state index contributed by atoms with van der Waals surface area (Å²) in [6, 6.07) is 18.2. The second-order valence-electron chi connectivity index (χ2n) is 6.13. The van der Waals surface area contributed by atoms with Gasteiger partial charge in [0.15, 0.2) is 0 Å². The third-order valence-corrected chi connectivity index (χ3v) is 4.60. The molecule has 1 amide bonds. The molecule has 1 heterocycles. The molecule has 4 heteroatoms. The number of carbonyl (C=O) groups excluding carboxylic acids is 1. The van der Waals surface area contributed by atoms with Gasteiger partial charge >= 0.3 is 0 Å². The fourth-order valence-electron chi connectivity index (χ4n) is 3.37. The van der Waals surface area contributed by atoms with Crippen molar-refractivity contribution in [2.45, 2.75) is 25.3 Å². The number of aromatic nitrogens is 2. The Morgan fingerprint density at radius 3 is 2.96 bits per heavy atom. The number of carbonyl (C=O) groups is 1. The van der Waals surface area contributed by atoms with E-state index in [0.29, 0.717) is 6.54 Å². The molecule has 0 radical (unpaired) electrons. The molecular formula is C20H19N3O. The van der Waals surface area contributed by atoms with Gasteiger partial charge in [-0.25, -0.2) is 4.68 Å². The van der Waals surface area contributed by atoms with Crippen molar-refractivity contribution in [3.8, 4) is 5.69 Å². The number of aryl methyl sites for hydroxylation is 1. The molecule has 2 aromatic carbocycles. The number of nitrogens with one attached hydrogen (secondary N) is 1. The molecule has 4 rings (SSSR count). The minimum atomic E-state index is -0.0181. The zero-order chi connectivity index (χ0) is 16.4. The monoisotopic (exact) mass is 317 g/mol. The first-order chi connectivity index (χ1) is 11.8. The number of hydrogen-bond donors (Lipinski definition) is 1. The molecule has 1 atom stereocenters. The van der Waals surface area contributed by atoms with Crippen molar-refractivity contribution in [3.05, 3.63) is 83.7 Å². The zero-order valence-corrected chi connectivity index (χ0v) is 13.4. The SMILES string of the molecule is O=C(NCc1cccc(-n2cccn2)c1)[C@@H]1CCc2ccccc21. The van der Waals surface area contributed by atoms with Crippen molar-refractivity contribution in [3.63, 3.8) is 0 Å². The predicted molar refractivity (Wildman–Crippen MR) is 92.9 cm³/mol. The average molecular weight is 317 g/mol. The van der Waals surface area contributed by atoms with Crippen molar-refractivity contribution in [1.29, 1.82) is 0 Å². The van der Waals surface area contributed by atoms with Crippen LogP contribution >= 0.6 is 0 Å². The summed E-state index contributed by atoms with van der Waals surface area (Å²) >= 11 is 0. The van der Waals surface area contributed by atoms with E-state index >= 15 is 0 Å². The molecule has 4 nitrogen and oxygen atoms in total. The molecule has 0 spiro atoms. The van der Waals surface area contributed by atoms with Gasteiger partial charge in [0.05, 0.1) is 11.6 Å². The Bertz CT molecular complexity index is 855. The number of rotatable bonds is 4. The molecule has 0 fully saturated rings. The van der Waals surface area contributed by atoms with E-state index in [9.17, 15) is 4.79 Å². The van der Waals surface area contributed by atoms with Gasteiger partial charge < -0.3 is 5.32 Å². The van der Waals surface area contributed by atoms with Gasteiger partial charge in [0.2, 0.25) is 5.91 Å². The van der Waals surface area contributed by atoms with Crippen LogP contribution in [-0.4, -0.2) is 15.7 Å². The lowest BCUT2D eigenvalue weighted by atomic mass is 10.0. The van der Waals surface area contributed by atoms with Crippen molar-refractivity contribution in [2.24, 2.45) is 0 Å². The molecule has 0 saturated heterocycles. The highest BCUT2D eigenvalue weighted by Crippen LogP contribution is 2.32. The Morgan fingerprint density at radius 2 is 2.08 bits per heavy atom. The van der Waals surface area contributed by atoms with Crippen LogP contribution < -0.4 is 5.32 Å². The van der Waals surface area contributed by atoms with E-state index in [1.54, 1.807) is 6.20 Å². The van der Waals surface area contributed by atoms with E-state index in [4.69, 9.17) is 0 Å². The maximum atomic E-state index is 12.6. The van der Waals surface area contributed by atoms with Gasteiger partial charge in [-0.3, -0.25) is 4.79 Å². The molecule has 1 aromatic heterocycles. The third-order valence-electron chi connectivity index (χ3n) is 4.60. The molecule has 0 aliphatic heterocycles. The fourth-order valence-corrected chi connectivity index (χ4v) is 3.37. The number of benzene rings is 2. The molecule has 1 aliphatic rings. The maximum Gasteiger partial charge on any atom is 0.227 e. The van der Waals surface area contributed by atoms with Gasteiger partial charge in [-0.1, -0.05) is 36.4 Å². The van der Waals surface area contributed by atoms with Crippen LogP contribution in [0.5, 0.6) is 0 Å². The van der Waals surface area contributed by atoms with Crippen LogP contribution in [0.1, 0.15) is 29.0 Å². The van der Waals surface area contributed by atoms with Gasteiger partial charge in [0.25, 0.3) is 0 Å². The summed E-state index contributed by atoms with van der Waals surface area (Å²) in [4.78, 5) is 12.6. The Balaban J connectivity index is 1.44. The summed E-state index contributed by atoms with van der Waals surface area (Å²) in [6.07, 6.45) is 5.56. The first-order valence-corrected chi connectivity index (χ1v) is 8.26. The van der Waals surface area contributed by atoms with Gasteiger partial charge in [0.1, 0.15) is 0 Å². The third kappa shape index (κ3) is 2.83. The summed E-state index contributed by atoms with van der Waals surface area (Å²) in [5, 5.41) is 7.33. The Labute approximate surface area is 141 Å². The zero-order valence-electron chi connectivity index (χ0n) is 13.4. The topological polar surface area (TPSA) is 46.9 Å². The average Bonchev–Trinajstić information content (AvgIpc) is 3.29. The smallest absolute Gasteiger partial charge is 0.227 e. The summed E-state index contributed by atoms with van der Waals surface area (Å²) in [6.45, 7) is 0.534. The second-order valence-corrected chi connectivity index (χ2v) is 6.13. The highest BCUT2D eigenvalue weighted by Gasteiger charge is 2.27. The van der Waals surface area contributed by atoms with Crippen LogP contribution in [0.15, 0.2) is 67.0 Å². The highest BCUT2D eigenvalue weighted by molar-refractivity contribution is 5.84. The van der Waals surface area contributed by atoms with Gasteiger partial charge in [-0.05, 0) is 47.7 Å². The first-order valence-electron chi connectivity index (χ1n) is 8.26. The first kappa shape index (κ1) is 14.7.